The Morgan fingerprint density at radius 2 is 2.08 bits per heavy atom. The number of rotatable bonds is 2. The van der Waals surface area contributed by atoms with E-state index in [0.29, 0.717) is 12.8 Å². The molecular formula is C11H16O2. The fourth-order valence-corrected chi connectivity index (χ4v) is 1.95. The van der Waals surface area contributed by atoms with Crippen molar-refractivity contribution in [3.8, 4) is 0 Å². The molecule has 13 heavy (non-hydrogen) atoms. The first-order valence-corrected chi connectivity index (χ1v) is 4.66. The highest BCUT2D eigenvalue weighted by molar-refractivity contribution is 5.97. The second-order valence-corrected chi connectivity index (χ2v) is 4.28. The Morgan fingerprint density at radius 3 is 2.62 bits per heavy atom. The Balaban J connectivity index is 3.09. The van der Waals surface area contributed by atoms with Gasteiger partial charge in [0.1, 0.15) is 6.29 Å². The highest BCUT2D eigenvalue weighted by Crippen LogP contribution is 2.39. The molecule has 1 rings (SSSR count). The number of aldehydes is 1. The van der Waals surface area contributed by atoms with Crippen molar-refractivity contribution >= 4 is 12.1 Å². The predicted molar refractivity (Wildman–Crippen MR) is 51.4 cm³/mol. The molecule has 0 atom stereocenters. The van der Waals surface area contributed by atoms with Gasteiger partial charge in [-0.3, -0.25) is 4.79 Å². The van der Waals surface area contributed by atoms with Crippen molar-refractivity contribution in [2.45, 2.75) is 40.0 Å². The van der Waals surface area contributed by atoms with Gasteiger partial charge in [-0.05, 0) is 24.3 Å². The molecule has 0 heterocycles. The lowest BCUT2D eigenvalue weighted by molar-refractivity contribution is -0.116. The maximum absolute atomic E-state index is 11.4. The molecule has 2 heteroatoms. The molecule has 0 unspecified atom stereocenters. The molecule has 2 nitrogen and oxygen atoms in total. The van der Waals surface area contributed by atoms with E-state index < -0.39 is 0 Å². The van der Waals surface area contributed by atoms with Crippen molar-refractivity contribution in [1.29, 1.82) is 0 Å². The van der Waals surface area contributed by atoms with Gasteiger partial charge in [-0.2, -0.15) is 0 Å². The Hall–Kier alpha value is -0.920. The summed E-state index contributed by atoms with van der Waals surface area (Å²) in [6.07, 6.45) is 2.79. The van der Waals surface area contributed by atoms with Crippen molar-refractivity contribution in [3.05, 3.63) is 11.1 Å². The third-order valence-electron chi connectivity index (χ3n) is 2.95. The van der Waals surface area contributed by atoms with Gasteiger partial charge in [-0.1, -0.05) is 19.4 Å². The smallest absolute Gasteiger partial charge is 0.158 e. The maximum Gasteiger partial charge on any atom is 0.158 e. The summed E-state index contributed by atoms with van der Waals surface area (Å²) in [5, 5.41) is 0. The zero-order valence-corrected chi connectivity index (χ0v) is 8.52. The van der Waals surface area contributed by atoms with Crippen LogP contribution in [0.1, 0.15) is 40.0 Å². The standard InChI is InChI=1S/C11H16O2/c1-8-9(5-7-12)11(2,3)6-4-10(8)13/h7H,4-6H2,1-3H3. The summed E-state index contributed by atoms with van der Waals surface area (Å²) >= 11 is 0. The van der Waals surface area contributed by atoms with Crippen LogP contribution in [0.5, 0.6) is 0 Å². The molecule has 0 radical (unpaired) electrons. The Labute approximate surface area is 79.0 Å². The van der Waals surface area contributed by atoms with Crippen LogP contribution in [-0.2, 0) is 9.59 Å². The summed E-state index contributed by atoms with van der Waals surface area (Å²) < 4.78 is 0. The van der Waals surface area contributed by atoms with Crippen LogP contribution in [0.15, 0.2) is 11.1 Å². The van der Waals surface area contributed by atoms with Crippen molar-refractivity contribution in [2.75, 3.05) is 0 Å². The average molecular weight is 180 g/mol. The zero-order chi connectivity index (χ0) is 10.1. The SMILES string of the molecule is CC1=C(CC=O)C(C)(C)CCC1=O. The molecular weight excluding hydrogens is 164 g/mol. The summed E-state index contributed by atoms with van der Waals surface area (Å²) in [6.45, 7) is 6.03. The lowest BCUT2D eigenvalue weighted by Gasteiger charge is -2.32. The minimum Gasteiger partial charge on any atom is -0.303 e. The van der Waals surface area contributed by atoms with Crippen molar-refractivity contribution < 1.29 is 9.59 Å². The summed E-state index contributed by atoms with van der Waals surface area (Å²) in [5.41, 5.74) is 1.86. The van der Waals surface area contributed by atoms with E-state index in [9.17, 15) is 9.59 Å². The van der Waals surface area contributed by atoms with Crippen LogP contribution in [0.3, 0.4) is 0 Å². The number of carbonyl (C=O) groups is 2. The first-order valence-electron chi connectivity index (χ1n) is 4.66. The summed E-state index contributed by atoms with van der Waals surface area (Å²) in [5.74, 6) is 0.205. The number of allylic oxidation sites excluding steroid dienone is 2. The van der Waals surface area contributed by atoms with E-state index in [2.05, 4.69) is 13.8 Å². The third-order valence-corrected chi connectivity index (χ3v) is 2.95. The van der Waals surface area contributed by atoms with Gasteiger partial charge in [-0.25, -0.2) is 0 Å². The summed E-state index contributed by atoms with van der Waals surface area (Å²) in [7, 11) is 0. The molecule has 0 amide bonds. The Kier molecular flexibility index (Phi) is 2.69. The van der Waals surface area contributed by atoms with Crippen LogP contribution < -0.4 is 0 Å². The van der Waals surface area contributed by atoms with Gasteiger partial charge in [0.15, 0.2) is 5.78 Å². The average Bonchev–Trinajstić information content (AvgIpc) is 2.07. The van der Waals surface area contributed by atoms with Gasteiger partial charge in [0.05, 0.1) is 0 Å². The molecule has 0 spiro atoms. The molecule has 0 fully saturated rings. The van der Waals surface area contributed by atoms with Gasteiger partial charge in [0.2, 0.25) is 0 Å². The first-order chi connectivity index (χ1) is 5.99. The van der Waals surface area contributed by atoms with Gasteiger partial charge in [0, 0.05) is 12.8 Å². The number of hydrogen-bond acceptors (Lipinski definition) is 2. The lowest BCUT2D eigenvalue weighted by Crippen LogP contribution is -2.25. The van der Waals surface area contributed by atoms with Gasteiger partial charge < -0.3 is 4.79 Å². The molecule has 1 aliphatic rings. The zero-order valence-electron chi connectivity index (χ0n) is 8.52. The minimum absolute atomic E-state index is 0.0267. The van der Waals surface area contributed by atoms with E-state index in [4.69, 9.17) is 0 Å². The van der Waals surface area contributed by atoms with E-state index in [-0.39, 0.29) is 11.2 Å². The van der Waals surface area contributed by atoms with Crippen LogP contribution in [0, 0.1) is 5.41 Å². The van der Waals surface area contributed by atoms with Crippen LogP contribution in [0.2, 0.25) is 0 Å². The molecule has 0 aromatic carbocycles. The largest absolute Gasteiger partial charge is 0.303 e. The molecule has 0 saturated carbocycles. The first kappa shape index (κ1) is 10.2. The second-order valence-electron chi connectivity index (χ2n) is 4.28. The molecule has 0 bridgehead atoms. The molecule has 1 aliphatic carbocycles. The highest BCUT2D eigenvalue weighted by atomic mass is 16.1. The monoisotopic (exact) mass is 180 g/mol. The van der Waals surface area contributed by atoms with Gasteiger partial charge in [-0.15, -0.1) is 0 Å². The summed E-state index contributed by atoms with van der Waals surface area (Å²) in [4.78, 5) is 21.9. The van der Waals surface area contributed by atoms with Crippen LogP contribution in [-0.4, -0.2) is 12.1 Å². The highest BCUT2D eigenvalue weighted by Gasteiger charge is 2.31. The van der Waals surface area contributed by atoms with Crippen LogP contribution >= 0.6 is 0 Å². The molecule has 0 N–H and O–H groups in total. The normalized spacial score (nSPS) is 21.9. The Morgan fingerprint density at radius 1 is 1.46 bits per heavy atom. The topological polar surface area (TPSA) is 34.1 Å². The van der Waals surface area contributed by atoms with E-state index in [1.54, 1.807) is 0 Å². The number of hydrogen-bond donors (Lipinski definition) is 0. The van der Waals surface area contributed by atoms with Crippen molar-refractivity contribution in [3.63, 3.8) is 0 Å². The van der Waals surface area contributed by atoms with Crippen LogP contribution in [0.4, 0.5) is 0 Å². The number of ketones is 1. The predicted octanol–water partition coefficient (Wildman–Crippen LogP) is 2.28. The third kappa shape index (κ3) is 1.87. The molecule has 0 aromatic rings. The quantitative estimate of drug-likeness (QED) is 0.611. The van der Waals surface area contributed by atoms with Gasteiger partial charge >= 0.3 is 0 Å². The number of carbonyl (C=O) groups excluding carboxylic acids is 2. The summed E-state index contributed by atoms with van der Waals surface area (Å²) in [6, 6.07) is 0. The Bertz CT molecular complexity index is 272. The van der Waals surface area contributed by atoms with Crippen molar-refractivity contribution in [2.24, 2.45) is 5.41 Å². The molecule has 0 aromatic heterocycles. The minimum atomic E-state index is 0.0267. The van der Waals surface area contributed by atoms with E-state index in [1.807, 2.05) is 6.92 Å². The molecule has 0 aliphatic heterocycles. The van der Waals surface area contributed by atoms with E-state index in [1.165, 1.54) is 0 Å². The van der Waals surface area contributed by atoms with E-state index in [0.717, 1.165) is 23.9 Å². The maximum atomic E-state index is 11.4. The molecule has 72 valence electrons. The van der Waals surface area contributed by atoms with E-state index >= 15 is 0 Å². The van der Waals surface area contributed by atoms with Gasteiger partial charge in [0.25, 0.3) is 0 Å². The fraction of sp³-hybridized carbons (Fsp3) is 0.636. The molecule has 0 saturated heterocycles. The van der Waals surface area contributed by atoms with Crippen molar-refractivity contribution in [1.82, 2.24) is 0 Å². The number of Topliss-reactive ketones (excluding diaryl/α,β-unsaturated/α-hetero) is 1. The second kappa shape index (κ2) is 3.44. The fourth-order valence-electron chi connectivity index (χ4n) is 1.95. The lowest BCUT2D eigenvalue weighted by atomic mass is 9.71. The van der Waals surface area contributed by atoms with Crippen LogP contribution in [0.25, 0.3) is 0 Å².